The molecule has 0 aliphatic carbocycles. The Morgan fingerprint density at radius 3 is 2.41 bits per heavy atom. The van der Waals surface area contributed by atoms with Crippen LogP contribution in [0.3, 0.4) is 0 Å². The molecule has 1 N–H and O–H groups in total. The van der Waals surface area contributed by atoms with Gasteiger partial charge >= 0.3 is 0 Å². The maximum atomic E-state index is 4.30. The molecule has 2 atom stereocenters. The summed E-state index contributed by atoms with van der Waals surface area (Å²) in [6.07, 6.45) is 5.22. The lowest BCUT2D eigenvalue weighted by atomic mass is 10.1. The molecule has 88 valence electrons. The highest BCUT2D eigenvalue weighted by molar-refractivity contribution is 5.18. The molecule has 1 heterocycles. The number of nitrogens with zero attached hydrogens (tertiary/aromatic N) is 2. The molecular formula is C14H17N3. The second kappa shape index (κ2) is 5.55. The Labute approximate surface area is 102 Å². The summed E-state index contributed by atoms with van der Waals surface area (Å²) in [5.74, 6) is 0. The second-order valence-corrected chi connectivity index (χ2v) is 4.15. The van der Waals surface area contributed by atoms with Crippen LogP contribution in [0.4, 0.5) is 0 Å². The average molecular weight is 227 g/mol. The van der Waals surface area contributed by atoms with Crippen molar-refractivity contribution < 1.29 is 0 Å². The van der Waals surface area contributed by atoms with Gasteiger partial charge < -0.3 is 5.32 Å². The lowest BCUT2D eigenvalue weighted by Crippen LogP contribution is -2.23. The number of nitrogens with one attached hydrogen (secondary N) is 1. The molecule has 0 aliphatic heterocycles. The summed E-state index contributed by atoms with van der Waals surface area (Å²) in [7, 11) is 0. The van der Waals surface area contributed by atoms with E-state index in [1.807, 2.05) is 6.07 Å². The van der Waals surface area contributed by atoms with Gasteiger partial charge in [0.1, 0.15) is 0 Å². The zero-order valence-electron chi connectivity index (χ0n) is 10.2. The van der Waals surface area contributed by atoms with E-state index < -0.39 is 0 Å². The van der Waals surface area contributed by atoms with Crippen molar-refractivity contribution in [3.05, 3.63) is 60.2 Å². The van der Waals surface area contributed by atoms with E-state index in [4.69, 9.17) is 0 Å². The normalized spacial score (nSPS) is 14.2. The smallest absolute Gasteiger partial charge is 0.0753 e. The van der Waals surface area contributed by atoms with Gasteiger partial charge in [-0.2, -0.15) is 0 Å². The molecule has 3 heteroatoms. The third-order valence-corrected chi connectivity index (χ3v) is 2.83. The Kier molecular flexibility index (Phi) is 3.83. The maximum absolute atomic E-state index is 4.30. The van der Waals surface area contributed by atoms with Crippen molar-refractivity contribution >= 4 is 0 Å². The van der Waals surface area contributed by atoms with Crippen LogP contribution in [0.5, 0.6) is 0 Å². The highest BCUT2D eigenvalue weighted by atomic mass is 15.0. The van der Waals surface area contributed by atoms with Crippen molar-refractivity contribution in [2.24, 2.45) is 0 Å². The van der Waals surface area contributed by atoms with E-state index >= 15 is 0 Å². The van der Waals surface area contributed by atoms with E-state index in [0.29, 0.717) is 6.04 Å². The fraction of sp³-hybridized carbons (Fsp3) is 0.286. The SMILES string of the molecule is CC(NC(C)c1cnccn1)c1ccccc1. The fourth-order valence-electron chi connectivity index (χ4n) is 1.83. The lowest BCUT2D eigenvalue weighted by Gasteiger charge is -2.19. The van der Waals surface area contributed by atoms with Crippen LogP contribution >= 0.6 is 0 Å². The zero-order chi connectivity index (χ0) is 12.1. The van der Waals surface area contributed by atoms with Gasteiger partial charge in [0.2, 0.25) is 0 Å². The van der Waals surface area contributed by atoms with Crippen LogP contribution in [0.1, 0.15) is 37.2 Å². The van der Waals surface area contributed by atoms with Crippen molar-refractivity contribution in [3.63, 3.8) is 0 Å². The monoisotopic (exact) mass is 227 g/mol. The van der Waals surface area contributed by atoms with Crippen molar-refractivity contribution in [2.45, 2.75) is 25.9 Å². The fourth-order valence-corrected chi connectivity index (χ4v) is 1.83. The number of hydrogen-bond acceptors (Lipinski definition) is 3. The minimum Gasteiger partial charge on any atom is -0.302 e. The Morgan fingerprint density at radius 1 is 1.00 bits per heavy atom. The Morgan fingerprint density at radius 2 is 1.76 bits per heavy atom. The molecule has 1 aromatic carbocycles. The van der Waals surface area contributed by atoms with Crippen LogP contribution in [0, 0.1) is 0 Å². The molecule has 1 aromatic heterocycles. The molecule has 17 heavy (non-hydrogen) atoms. The van der Waals surface area contributed by atoms with Gasteiger partial charge in [0.15, 0.2) is 0 Å². The van der Waals surface area contributed by atoms with Gasteiger partial charge in [0.25, 0.3) is 0 Å². The van der Waals surface area contributed by atoms with Crippen molar-refractivity contribution in [1.29, 1.82) is 0 Å². The van der Waals surface area contributed by atoms with Crippen molar-refractivity contribution in [1.82, 2.24) is 15.3 Å². The van der Waals surface area contributed by atoms with E-state index in [1.165, 1.54) is 5.56 Å². The predicted molar refractivity (Wildman–Crippen MR) is 68.4 cm³/mol. The average Bonchev–Trinajstić information content (AvgIpc) is 2.40. The van der Waals surface area contributed by atoms with Crippen LogP contribution in [-0.2, 0) is 0 Å². The highest BCUT2D eigenvalue weighted by Gasteiger charge is 2.11. The van der Waals surface area contributed by atoms with E-state index in [-0.39, 0.29) is 6.04 Å². The molecule has 0 bridgehead atoms. The van der Waals surface area contributed by atoms with Crippen LogP contribution < -0.4 is 5.32 Å². The predicted octanol–water partition coefficient (Wildman–Crippen LogP) is 2.89. The van der Waals surface area contributed by atoms with Crippen molar-refractivity contribution in [2.75, 3.05) is 0 Å². The minimum absolute atomic E-state index is 0.193. The first-order valence-corrected chi connectivity index (χ1v) is 5.84. The summed E-state index contributed by atoms with van der Waals surface area (Å²) < 4.78 is 0. The molecule has 0 aliphatic rings. The first-order valence-electron chi connectivity index (χ1n) is 5.84. The molecular weight excluding hydrogens is 210 g/mol. The van der Waals surface area contributed by atoms with Crippen molar-refractivity contribution in [3.8, 4) is 0 Å². The third kappa shape index (κ3) is 3.11. The summed E-state index contributed by atoms with van der Waals surface area (Å²) in [5, 5.41) is 3.51. The molecule has 0 saturated heterocycles. The number of rotatable bonds is 4. The number of aromatic nitrogens is 2. The van der Waals surface area contributed by atoms with Crippen LogP contribution in [0.25, 0.3) is 0 Å². The Bertz CT molecular complexity index is 398. The van der Waals surface area contributed by atoms with E-state index in [9.17, 15) is 0 Å². The first-order chi connectivity index (χ1) is 8.27. The van der Waals surface area contributed by atoms with Gasteiger partial charge in [-0.3, -0.25) is 9.97 Å². The van der Waals surface area contributed by atoms with Crippen LogP contribution in [-0.4, -0.2) is 9.97 Å². The molecule has 2 unspecified atom stereocenters. The summed E-state index contributed by atoms with van der Waals surface area (Å²) in [6, 6.07) is 10.9. The number of hydrogen-bond donors (Lipinski definition) is 1. The van der Waals surface area contributed by atoms with Gasteiger partial charge in [-0.25, -0.2) is 0 Å². The Hall–Kier alpha value is -1.74. The second-order valence-electron chi connectivity index (χ2n) is 4.15. The molecule has 2 rings (SSSR count). The molecule has 0 fully saturated rings. The van der Waals surface area contributed by atoms with Crippen LogP contribution in [0.15, 0.2) is 48.9 Å². The highest BCUT2D eigenvalue weighted by Crippen LogP contribution is 2.16. The summed E-state index contributed by atoms with van der Waals surface area (Å²) in [4.78, 5) is 8.38. The van der Waals surface area contributed by atoms with E-state index in [0.717, 1.165) is 5.69 Å². The summed E-state index contributed by atoms with van der Waals surface area (Å²) >= 11 is 0. The van der Waals surface area contributed by atoms with E-state index in [1.54, 1.807) is 18.6 Å². The third-order valence-electron chi connectivity index (χ3n) is 2.83. The first kappa shape index (κ1) is 11.7. The van der Waals surface area contributed by atoms with Gasteiger partial charge in [0, 0.05) is 30.7 Å². The summed E-state index contributed by atoms with van der Waals surface area (Å²) in [5.41, 5.74) is 2.25. The topological polar surface area (TPSA) is 37.8 Å². The molecule has 2 aromatic rings. The standard InChI is InChI=1S/C14H17N3/c1-11(13-6-4-3-5-7-13)17-12(2)14-10-15-8-9-16-14/h3-12,17H,1-2H3. The quantitative estimate of drug-likeness (QED) is 0.872. The van der Waals surface area contributed by atoms with Gasteiger partial charge in [-0.1, -0.05) is 30.3 Å². The molecule has 3 nitrogen and oxygen atoms in total. The van der Waals surface area contributed by atoms with E-state index in [2.05, 4.69) is 53.4 Å². The molecule has 0 radical (unpaired) electrons. The maximum Gasteiger partial charge on any atom is 0.0753 e. The number of benzene rings is 1. The molecule has 0 saturated carbocycles. The largest absolute Gasteiger partial charge is 0.302 e. The summed E-state index contributed by atoms with van der Waals surface area (Å²) in [6.45, 7) is 4.26. The van der Waals surface area contributed by atoms with Crippen LogP contribution in [0.2, 0.25) is 0 Å². The molecule has 0 spiro atoms. The van der Waals surface area contributed by atoms with Gasteiger partial charge in [-0.05, 0) is 19.4 Å². The Balaban J connectivity index is 2.02. The molecule has 0 amide bonds. The minimum atomic E-state index is 0.193. The van der Waals surface area contributed by atoms with Gasteiger partial charge in [-0.15, -0.1) is 0 Å². The lowest BCUT2D eigenvalue weighted by molar-refractivity contribution is 0.485. The zero-order valence-corrected chi connectivity index (χ0v) is 10.2. The van der Waals surface area contributed by atoms with Gasteiger partial charge in [0.05, 0.1) is 5.69 Å².